The molecule has 1 aromatic heterocycles. The second kappa shape index (κ2) is 5.25. The summed E-state index contributed by atoms with van der Waals surface area (Å²) in [4.78, 5) is 4.55. The smallest absolute Gasteiger partial charge is 0.147 e. The Bertz CT molecular complexity index is 764. The third-order valence-electron chi connectivity index (χ3n) is 3.29. The van der Waals surface area contributed by atoms with E-state index in [1.165, 1.54) is 6.07 Å². The molecule has 0 aliphatic rings. The van der Waals surface area contributed by atoms with Gasteiger partial charge >= 0.3 is 0 Å². The molecule has 0 aliphatic heterocycles. The molecule has 0 fully saturated rings. The molecular formula is C16H14ClFN2. The van der Waals surface area contributed by atoms with Crippen LogP contribution in [0.5, 0.6) is 0 Å². The number of aromatic nitrogens is 2. The third kappa shape index (κ3) is 2.18. The Balaban J connectivity index is 2.30. The summed E-state index contributed by atoms with van der Waals surface area (Å²) >= 11 is 5.84. The Hall–Kier alpha value is -1.87. The van der Waals surface area contributed by atoms with Gasteiger partial charge in [0.25, 0.3) is 0 Å². The fourth-order valence-electron chi connectivity index (χ4n) is 2.39. The van der Waals surface area contributed by atoms with Crippen molar-refractivity contribution in [3.63, 3.8) is 0 Å². The van der Waals surface area contributed by atoms with Gasteiger partial charge in [-0.25, -0.2) is 9.37 Å². The summed E-state index contributed by atoms with van der Waals surface area (Å²) in [7, 11) is 0. The van der Waals surface area contributed by atoms with Crippen LogP contribution in [0.15, 0.2) is 42.5 Å². The second-order valence-corrected chi connectivity index (χ2v) is 5.12. The van der Waals surface area contributed by atoms with E-state index in [0.717, 1.165) is 22.4 Å². The maximum Gasteiger partial charge on any atom is 0.147 e. The van der Waals surface area contributed by atoms with Crippen LogP contribution in [0.2, 0.25) is 0 Å². The van der Waals surface area contributed by atoms with Gasteiger partial charge in [-0.15, -0.1) is 11.6 Å². The quantitative estimate of drug-likeness (QED) is 0.659. The maximum atomic E-state index is 14.3. The Labute approximate surface area is 121 Å². The van der Waals surface area contributed by atoms with Crippen molar-refractivity contribution < 1.29 is 4.39 Å². The number of benzene rings is 2. The molecular weight excluding hydrogens is 275 g/mol. The zero-order valence-corrected chi connectivity index (χ0v) is 11.9. The van der Waals surface area contributed by atoms with Crippen LogP contribution >= 0.6 is 11.6 Å². The normalized spacial score (nSPS) is 11.2. The number of halogens is 2. The average molecular weight is 289 g/mol. The first kappa shape index (κ1) is 13.1. The molecule has 0 saturated heterocycles. The van der Waals surface area contributed by atoms with Gasteiger partial charge in [-0.2, -0.15) is 0 Å². The number of hydrogen-bond donors (Lipinski definition) is 0. The van der Waals surface area contributed by atoms with Crippen LogP contribution in [-0.2, 0) is 6.42 Å². The molecule has 2 aromatic carbocycles. The van der Waals surface area contributed by atoms with Gasteiger partial charge in [0, 0.05) is 12.3 Å². The SMILES string of the molecule is Cc1ccc(-n2c(CCCl)nc3ccccc32)c(F)c1. The van der Waals surface area contributed by atoms with Crippen LogP contribution in [0.25, 0.3) is 16.7 Å². The highest BCUT2D eigenvalue weighted by atomic mass is 35.5. The van der Waals surface area contributed by atoms with Crippen LogP contribution in [0, 0.1) is 12.7 Å². The Morgan fingerprint density at radius 1 is 1.20 bits per heavy atom. The van der Waals surface area contributed by atoms with E-state index in [-0.39, 0.29) is 5.82 Å². The molecule has 0 bridgehead atoms. The highest BCUT2D eigenvalue weighted by Gasteiger charge is 2.14. The van der Waals surface area contributed by atoms with Gasteiger partial charge in [0.05, 0.1) is 16.7 Å². The van der Waals surface area contributed by atoms with E-state index in [1.807, 2.05) is 41.8 Å². The van der Waals surface area contributed by atoms with Gasteiger partial charge in [-0.05, 0) is 36.8 Å². The van der Waals surface area contributed by atoms with Crippen LogP contribution in [0.1, 0.15) is 11.4 Å². The Morgan fingerprint density at radius 2 is 2.00 bits per heavy atom. The lowest BCUT2D eigenvalue weighted by molar-refractivity contribution is 0.616. The monoisotopic (exact) mass is 288 g/mol. The van der Waals surface area contributed by atoms with E-state index < -0.39 is 0 Å². The highest BCUT2D eigenvalue weighted by molar-refractivity contribution is 6.17. The van der Waals surface area contributed by atoms with Crippen molar-refractivity contribution in [1.29, 1.82) is 0 Å². The van der Waals surface area contributed by atoms with Gasteiger partial charge in [0.15, 0.2) is 0 Å². The average Bonchev–Trinajstić information content (AvgIpc) is 2.78. The first-order valence-corrected chi connectivity index (χ1v) is 7.03. The van der Waals surface area contributed by atoms with Crippen LogP contribution in [0.3, 0.4) is 0 Å². The van der Waals surface area contributed by atoms with E-state index in [2.05, 4.69) is 4.98 Å². The molecule has 0 N–H and O–H groups in total. The lowest BCUT2D eigenvalue weighted by Crippen LogP contribution is -2.04. The molecule has 3 aromatic rings. The largest absolute Gasteiger partial charge is 0.293 e. The molecule has 0 atom stereocenters. The number of hydrogen-bond acceptors (Lipinski definition) is 1. The topological polar surface area (TPSA) is 17.8 Å². The lowest BCUT2D eigenvalue weighted by Gasteiger charge is -2.10. The van der Waals surface area contributed by atoms with Crippen molar-refractivity contribution in [3.8, 4) is 5.69 Å². The molecule has 0 amide bonds. The number of aryl methyl sites for hydroxylation is 2. The van der Waals surface area contributed by atoms with E-state index in [9.17, 15) is 4.39 Å². The highest BCUT2D eigenvalue weighted by Crippen LogP contribution is 2.24. The molecule has 102 valence electrons. The molecule has 0 aliphatic carbocycles. The standard InChI is InChI=1S/C16H14ClFN2/c1-11-6-7-14(12(18)10-11)20-15-5-3-2-4-13(15)19-16(20)8-9-17/h2-7,10H,8-9H2,1H3. The third-order valence-corrected chi connectivity index (χ3v) is 3.48. The molecule has 0 saturated carbocycles. The molecule has 1 heterocycles. The van der Waals surface area contributed by atoms with Gasteiger partial charge in [0.1, 0.15) is 11.6 Å². The van der Waals surface area contributed by atoms with E-state index in [4.69, 9.17) is 11.6 Å². The summed E-state index contributed by atoms with van der Waals surface area (Å²) in [5.74, 6) is 0.990. The Morgan fingerprint density at radius 3 is 2.75 bits per heavy atom. The van der Waals surface area contributed by atoms with Crippen molar-refractivity contribution in [2.75, 3.05) is 5.88 Å². The number of para-hydroxylation sites is 2. The van der Waals surface area contributed by atoms with Crippen molar-refractivity contribution in [2.45, 2.75) is 13.3 Å². The fraction of sp³-hybridized carbons (Fsp3) is 0.188. The molecule has 0 radical (unpaired) electrons. The van der Waals surface area contributed by atoms with Crippen LogP contribution in [-0.4, -0.2) is 15.4 Å². The van der Waals surface area contributed by atoms with Crippen LogP contribution in [0.4, 0.5) is 4.39 Å². The minimum absolute atomic E-state index is 0.246. The maximum absolute atomic E-state index is 14.3. The molecule has 3 rings (SSSR count). The zero-order valence-electron chi connectivity index (χ0n) is 11.1. The van der Waals surface area contributed by atoms with Gasteiger partial charge < -0.3 is 0 Å². The molecule has 2 nitrogen and oxygen atoms in total. The number of nitrogens with zero attached hydrogens (tertiary/aromatic N) is 2. The van der Waals surface area contributed by atoms with E-state index in [1.54, 1.807) is 6.07 Å². The lowest BCUT2D eigenvalue weighted by atomic mass is 10.2. The van der Waals surface area contributed by atoms with Gasteiger partial charge in [-0.3, -0.25) is 4.57 Å². The predicted octanol–water partition coefficient (Wildman–Crippen LogP) is 4.25. The second-order valence-electron chi connectivity index (χ2n) is 4.75. The van der Waals surface area contributed by atoms with Gasteiger partial charge in [-0.1, -0.05) is 18.2 Å². The van der Waals surface area contributed by atoms with Crippen molar-refractivity contribution >= 4 is 22.6 Å². The fourth-order valence-corrected chi connectivity index (χ4v) is 2.56. The summed E-state index contributed by atoms with van der Waals surface area (Å²) in [6, 6.07) is 12.9. The van der Waals surface area contributed by atoms with Gasteiger partial charge in [0.2, 0.25) is 0 Å². The van der Waals surface area contributed by atoms with Crippen LogP contribution < -0.4 is 0 Å². The van der Waals surface area contributed by atoms with Crippen molar-refractivity contribution in [2.24, 2.45) is 0 Å². The summed E-state index contributed by atoms with van der Waals surface area (Å²) in [5.41, 5.74) is 3.17. The number of alkyl halides is 1. The minimum Gasteiger partial charge on any atom is -0.293 e. The number of rotatable bonds is 3. The molecule has 0 unspecified atom stereocenters. The number of imidazole rings is 1. The van der Waals surface area contributed by atoms with Crippen molar-refractivity contribution in [1.82, 2.24) is 9.55 Å². The first-order chi connectivity index (χ1) is 9.70. The summed E-state index contributed by atoms with van der Waals surface area (Å²) in [5, 5.41) is 0. The Kier molecular flexibility index (Phi) is 3.45. The molecule has 4 heteroatoms. The molecule has 0 spiro atoms. The minimum atomic E-state index is -0.246. The zero-order chi connectivity index (χ0) is 14.1. The summed E-state index contributed by atoms with van der Waals surface area (Å²) < 4.78 is 16.1. The summed E-state index contributed by atoms with van der Waals surface area (Å²) in [6.45, 7) is 1.87. The van der Waals surface area contributed by atoms with E-state index >= 15 is 0 Å². The predicted molar refractivity (Wildman–Crippen MR) is 80.2 cm³/mol. The first-order valence-electron chi connectivity index (χ1n) is 6.49. The molecule has 20 heavy (non-hydrogen) atoms. The summed E-state index contributed by atoms with van der Waals surface area (Å²) in [6.07, 6.45) is 0.601. The number of fused-ring (bicyclic) bond motifs is 1. The van der Waals surface area contributed by atoms with Crippen molar-refractivity contribution in [3.05, 3.63) is 59.7 Å². The van der Waals surface area contributed by atoms with E-state index in [0.29, 0.717) is 18.0 Å².